The van der Waals surface area contributed by atoms with E-state index in [0.29, 0.717) is 29.5 Å². The zero-order valence-electron chi connectivity index (χ0n) is 14.2. The number of nitrogens with zero attached hydrogens (tertiary/aromatic N) is 3. The summed E-state index contributed by atoms with van der Waals surface area (Å²) in [6.07, 6.45) is 0. The molecule has 1 aliphatic heterocycles. The number of benzene rings is 2. The van der Waals surface area contributed by atoms with E-state index in [9.17, 15) is 4.79 Å². The molecule has 0 spiro atoms. The highest BCUT2D eigenvalue weighted by molar-refractivity contribution is 6.33. The number of halogens is 1. The van der Waals surface area contributed by atoms with E-state index in [1.807, 2.05) is 47.4 Å². The standard InChI is InChI=1S/C20H19ClN4O/c21-17-9-5-4-8-16(17)18-14-19(23-22-18)20(26)25-12-10-24(11-13-25)15-6-2-1-3-7-15/h1-9,14H,10-13H2,(H,22,23). The fourth-order valence-corrected chi connectivity index (χ4v) is 3.45. The molecule has 1 fully saturated rings. The first kappa shape index (κ1) is 16.7. The van der Waals surface area contributed by atoms with Gasteiger partial charge in [-0.15, -0.1) is 0 Å². The Balaban J connectivity index is 1.44. The van der Waals surface area contributed by atoms with Gasteiger partial charge in [-0.05, 0) is 24.3 Å². The summed E-state index contributed by atoms with van der Waals surface area (Å²) in [6.45, 7) is 3.02. The number of piperazine rings is 1. The van der Waals surface area contributed by atoms with Crippen molar-refractivity contribution in [2.75, 3.05) is 31.1 Å². The normalized spacial score (nSPS) is 14.5. The van der Waals surface area contributed by atoms with Crippen LogP contribution in [0.1, 0.15) is 10.5 Å². The van der Waals surface area contributed by atoms with Crippen LogP contribution in [0.2, 0.25) is 5.02 Å². The van der Waals surface area contributed by atoms with Crippen LogP contribution in [0.15, 0.2) is 60.7 Å². The van der Waals surface area contributed by atoms with Crippen LogP contribution in [0.25, 0.3) is 11.3 Å². The Morgan fingerprint density at radius 1 is 0.962 bits per heavy atom. The van der Waals surface area contributed by atoms with E-state index in [0.717, 1.165) is 18.7 Å². The second-order valence-electron chi connectivity index (χ2n) is 6.26. The third-order valence-electron chi connectivity index (χ3n) is 4.65. The minimum absolute atomic E-state index is 0.0245. The van der Waals surface area contributed by atoms with Gasteiger partial charge in [-0.1, -0.05) is 48.0 Å². The first-order valence-electron chi connectivity index (χ1n) is 8.62. The highest BCUT2D eigenvalue weighted by atomic mass is 35.5. The summed E-state index contributed by atoms with van der Waals surface area (Å²) in [5.74, 6) is -0.0245. The molecule has 1 N–H and O–H groups in total. The molecule has 0 aliphatic carbocycles. The first-order valence-corrected chi connectivity index (χ1v) is 9.00. The maximum Gasteiger partial charge on any atom is 0.272 e. The van der Waals surface area contributed by atoms with Gasteiger partial charge < -0.3 is 9.80 Å². The molecule has 1 saturated heterocycles. The van der Waals surface area contributed by atoms with Gasteiger partial charge in [0.05, 0.1) is 10.7 Å². The smallest absolute Gasteiger partial charge is 0.272 e. The zero-order valence-corrected chi connectivity index (χ0v) is 15.0. The monoisotopic (exact) mass is 366 g/mol. The van der Waals surface area contributed by atoms with E-state index in [2.05, 4.69) is 27.2 Å². The Morgan fingerprint density at radius 2 is 1.65 bits per heavy atom. The van der Waals surface area contributed by atoms with Crippen molar-refractivity contribution in [3.63, 3.8) is 0 Å². The van der Waals surface area contributed by atoms with Gasteiger partial charge in [0, 0.05) is 37.4 Å². The summed E-state index contributed by atoms with van der Waals surface area (Å²) in [6, 6.07) is 19.5. The molecule has 0 saturated carbocycles. The molecule has 1 aromatic heterocycles. The van der Waals surface area contributed by atoms with Crippen LogP contribution in [0.5, 0.6) is 0 Å². The SMILES string of the molecule is O=C(c1cc(-c2ccccc2Cl)n[nH]1)N1CCN(c2ccccc2)CC1. The van der Waals surface area contributed by atoms with Gasteiger partial charge in [0.15, 0.2) is 0 Å². The molecular formula is C20H19ClN4O. The lowest BCUT2D eigenvalue weighted by molar-refractivity contribution is 0.0741. The molecule has 1 aliphatic rings. The number of H-pyrrole nitrogens is 1. The van der Waals surface area contributed by atoms with Gasteiger partial charge >= 0.3 is 0 Å². The molecule has 132 valence electrons. The molecule has 1 amide bonds. The molecular weight excluding hydrogens is 348 g/mol. The van der Waals surface area contributed by atoms with Crippen molar-refractivity contribution in [1.29, 1.82) is 0 Å². The Kier molecular flexibility index (Phi) is 4.63. The molecule has 4 rings (SSSR count). The number of para-hydroxylation sites is 1. The van der Waals surface area contributed by atoms with Crippen LogP contribution in [0.3, 0.4) is 0 Å². The summed E-state index contributed by atoms with van der Waals surface area (Å²) < 4.78 is 0. The number of hydrogen-bond donors (Lipinski definition) is 1. The predicted octanol–water partition coefficient (Wildman–Crippen LogP) is 3.69. The van der Waals surface area contributed by atoms with Gasteiger partial charge in [-0.3, -0.25) is 9.89 Å². The lowest BCUT2D eigenvalue weighted by Gasteiger charge is -2.35. The topological polar surface area (TPSA) is 52.2 Å². The van der Waals surface area contributed by atoms with Gasteiger partial charge in [0.25, 0.3) is 5.91 Å². The first-order chi connectivity index (χ1) is 12.7. The van der Waals surface area contributed by atoms with Crippen molar-refractivity contribution < 1.29 is 4.79 Å². The van der Waals surface area contributed by atoms with Gasteiger partial charge in [-0.25, -0.2) is 0 Å². The van der Waals surface area contributed by atoms with E-state index in [4.69, 9.17) is 11.6 Å². The Hall–Kier alpha value is -2.79. The summed E-state index contributed by atoms with van der Waals surface area (Å²) in [4.78, 5) is 16.9. The van der Waals surface area contributed by atoms with Crippen LogP contribution >= 0.6 is 11.6 Å². The second-order valence-corrected chi connectivity index (χ2v) is 6.67. The number of amides is 1. The predicted molar refractivity (Wildman–Crippen MR) is 104 cm³/mol. The Morgan fingerprint density at radius 3 is 2.38 bits per heavy atom. The molecule has 0 radical (unpaired) electrons. The van der Waals surface area contributed by atoms with Crippen LogP contribution in [0, 0.1) is 0 Å². The van der Waals surface area contributed by atoms with Crippen molar-refractivity contribution in [1.82, 2.24) is 15.1 Å². The van der Waals surface area contributed by atoms with Crippen molar-refractivity contribution >= 4 is 23.2 Å². The van der Waals surface area contributed by atoms with Crippen molar-refractivity contribution in [2.45, 2.75) is 0 Å². The lowest BCUT2D eigenvalue weighted by Crippen LogP contribution is -2.48. The van der Waals surface area contributed by atoms with Crippen LogP contribution in [-0.2, 0) is 0 Å². The second kappa shape index (κ2) is 7.22. The maximum absolute atomic E-state index is 12.8. The quantitative estimate of drug-likeness (QED) is 0.769. The minimum Gasteiger partial charge on any atom is -0.368 e. The number of rotatable bonds is 3. The Bertz CT molecular complexity index is 901. The van der Waals surface area contributed by atoms with Crippen LogP contribution in [-0.4, -0.2) is 47.2 Å². The highest BCUT2D eigenvalue weighted by Crippen LogP contribution is 2.26. The molecule has 2 aromatic carbocycles. The number of aromatic amines is 1. The van der Waals surface area contributed by atoms with E-state index in [1.54, 1.807) is 6.07 Å². The largest absolute Gasteiger partial charge is 0.368 e. The summed E-state index contributed by atoms with van der Waals surface area (Å²) in [7, 11) is 0. The number of nitrogens with one attached hydrogen (secondary N) is 1. The van der Waals surface area contributed by atoms with E-state index in [-0.39, 0.29) is 5.91 Å². The molecule has 5 nitrogen and oxygen atoms in total. The summed E-state index contributed by atoms with van der Waals surface area (Å²) >= 11 is 6.22. The minimum atomic E-state index is -0.0245. The number of carbonyl (C=O) groups excluding carboxylic acids is 1. The summed E-state index contributed by atoms with van der Waals surface area (Å²) in [5.41, 5.74) is 3.19. The lowest BCUT2D eigenvalue weighted by atomic mass is 10.1. The third-order valence-corrected chi connectivity index (χ3v) is 4.98. The number of carbonyl (C=O) groups is 1. The van der Waals surface area contributed by atoms with Gasteiger partial charge in [0.1, 0.15) is 5.69 Å². The van der Waals surface area contributed by atoms with E-state index < -0.39 is 0 Å². The zero-order chi connectivity index (χ0) is 17.9. The molecule has 3 aromatic rings. The fourth-order valence-electron chi connectivity index (χ4n) is 3.22. The van der Waals surface area contributed by atoms with Gasteiger partial charge in [-0.2, -0.15) is 5.10 Å². The molecule has 0 bridgehead atoms. The average molecular weight is 367 g/mol. The molecule has 2 heterocycles. The molecule has 6 heteroatoms. The van der Waals surface area contributed by atoms with Crippen LogP contribution in [0.4, 0.5) is 5.69 Å². The summed E-state index contributed by atoms with van der Waals surface area (Å²) in [5, 5.41) is 7.74. The van der Waals surface area contributed by atoms with Crippen molar-refractivity contribution in [2.24, 2.45) is 0 Å². The van der Waals surface area contributed by atoms with E-state index in [1.165, 1.54) is 5.69 Å². The van der Waals surface area contributed by atoms with Crippen LogP contribution < -0.4 is 4.90 Å². The molecule has 26 heavy (non-hydrogen) atoms. The maximum atomic E-state index is 12.8. The molecule has 0 atom stereocenters. The average Bonchev–Trinajstić information content (AvgIpc) is 3.18. The third kappa shape index (κ3) is 3.30. The molecule has 0 unspecified atom stereocenters. The van der Waals surface area contributed by atoms with E-state index >= 15 is 0 Å². The highest BCUT2D eigenvalue weighted by Gasteiger charge is 2.24. The number of anilines is 1. The van der Waals surface area contributed by atoms with Crippen molar-refractivity contribution in [3.05, 3.63) is 71.4 Å². The van der Waals surface area contributed by atoms with Gasteiger partial charge in [0.2, 0.25) is 0 Å². The fraction of sp³-hybridized carbons (Fsp3) is 0.200. The Labute approximate surface area is 157 Å². The number of aromatic nitrogens is 2. The number of hydrogen-bond acceptors (Lipinski definition) is 3. The van der Waals surface area contributed by atoms with Crippen molar-refractivity contribution in [3.8, 4) is 11.3 Å².